The minimum atomic E-state index is -0.158. The van der Waals surface area contributed by atoms with Crippen LogP contribution in [0.15, 0.2) is 30.6 Å². The van der Waals surface area contributed by atoms with E-state index in [9.17, 15) is 4.39 Å². The Morgan fingerprint density at radius 2 is 2.15 bits per heavy atom. The number of benzene rings is 1. The number of imidazole rings is 1. The van der Waals surface area contributed by atoms with Crippen LogP contribution in [0, 0.1) is 5.82 Å². The summed E-state index contributed by atoms with van der Waals surface area (Å²) in [6, 6.07) is 5.74. The standard InChI is InChI=1S/C16H22FN3/c1-4-16-18-7-8-20(16)11-14-9-13(5-6-15(14)17)10-19-12(2)3/h5-9,12,19H,4,10-11H2,1-3H3. The molecule has 0 aliphatic carbocycles. The van der Waals surface area contributed by atoms with Crippen molar-refractivity contribution in [3.63, 3.8) is 0 Å². The summed E-state index contributed by atoms with van der Waals surface area (Å²) in [5, 5.41) is 3.35. The van der Waals surface area contributed by atoms with E-state index in [0.717, 1.165) is 24.4 Å². The molecule has 0 aliphatic rings. The van der Waals surface area contributed by atoms with Crippen molar-refractivity contribution < 1.29 is 4.39 Å². The van der Waals surface area contributed by atoms with Gasteiger partial charge in [-0.2, -0.15) is 0 Å². The molecule has 20 heavy (non-hydrogen) atoms. The summed E-state index contributed by atoms with van der Waals surface area (Å²) in [6.45, 7) is 7.55. The van der Waals surface area contributed by atoms with Crippen LogP contribution >= 0.6 is 0 Å². The average Bonchev–Trinajstić information content (AvgIpc) is 2.86. The van der Waals surface area contributed by atoms with E-state index < -0.39 is 0 Å². The van der Waals surface area contributed by atoms with Crippen LogP contribution in [0.1, 0.15) is 37.7 Å². The van der Waals surface area contributed by atoms with Crippen LogP contribution in [0.5, 0.6) is 0 Å². The first-order valence-electron chi connectivity index (χ1n) is 7.10. The van der Waals surface area contributed by atoms with Gasteiger partial charge in [-0.1, -0.05) is 26.8 Å². The highest BCUT2D eigenvalue weighted by Gasteiger charge is 2.07. The number of nitrogens with zero attached hydrogens (tertiary/aromatic N) is 2. The third-order valence-electron chi connectivity index (χ3n) is 3.28. The molecule has 0 radical (unpaired) electrons. The smallest absolute Gasteiger partial charge is 0.128 e. The molecule has 0 amide bonds. The highest BCUT2D eigenvalue weighted by Crippen LogP contribution is 2.14. The number of halogens is 1. The van der Waals surface area contributed by atoms with Crippen molar-refractivity contribution in [2.45, 2.75) is 46.3 Å². The lowest BCUT2D eigenvalue weighted by Crippen LogP contribution is -2.22. The minimum Gasteiger partial charge on any atom is -0.330 e. The second-order valence-corrected chi connectivity index (χ2v) is 5.29. The number of hydrogen-bond donors (Lipinski definition) is 1. The summed E-state index contributed by atoms with van der Waals surface area (Å²) in [6.07, 6.45) is 4.52. The van der Waals surface area contributed by atoms with E-state index in [4.69, 9.17) is 0 Å². The van der Waals surface area contributed by atoms with Crippen molar-refractivity contribution in [2.75, 3.05) is 0 Å². The van der Waals surface area contributed by atoms with Crippen LogP contribution in [-0.4, -0.2) is 15.6 Å². The molecule has 0 unspecified atom stereocenters. The Balaban J connectivity index is 2.16. The number of aromatic nitrogens is 2. The molecule has 0 fully saturated rings. The maximum absolute atomic E-state index is 13.9. The van der Waals surface area contributed by atoms with Gasteiger partial charge in [0.25, 0.3) is 0 Å². The van der Waals surface area contributed by atoms with Gasteiger partial charge in [0.15, 0.2) is 0 Å². The van der Waals surface area contributed by atoms with Crippen molar-refractivity contribution in [1.29, 1.82) is 0 Å². The fourth-order valence-corrected chi connectivity index (χ4v) is 2.16. The summed E-state index contributed by atoms with van der Waals surface area (Å²) in [4.78, 5) is 4.27. The van der Waals surface area contributed by atoms with E-state index in [1.807, 2.05) is 22.9 Å². The summed E-state index contributed by atoms with van der Waals surface area (Å²) in [7, 11) is 0. The summed E-state index contributed by atoms with van der Waals surface area (Å²) in [5.74, 6) is 0.823. The summed E-state index contributed by atoms with van der Waals surface area (Å²) >= 11 is 0. The van der Waals surface area contributed by atoms with Gasteiger partial charge in [0.05, 0.1) is 6.54 Å². The number of hydrogen-bond acceptors (Lipinski definition) is 2. The minimum absolute atomic E-state index is 0.158. The molecule has 3 nitrogen and oxygen atoms in total. The Hall–Kier alpha value is -1.68. The summed E-state index contributed by atoms with van der Waals surface area (Å²) in [5.41, 5.74) is 1.81. The van der Waals surface area contributed by atoms with Crippen molar-refractivity contribution in [3.05, 3.63) is 53.4 Å². The molecular formula is C16H22FN3. The van der Waals surface area contributed by atoms with E-state index in [-0.39, 0.29) is 5.82 Å². The maximum atomic E-state index is 13.9. The molecule has 1 aromatic carbocycles. The first kappa shape index (κ1) is 14.7. The zero-order valence-electron chi connectivity index (χ0n) is 12.4. The normalized spacial score (nSPS) is 11.2. The first-order valence-corrected chi connectivity index (χ1v) is 7.10. The molecule has 2 rings (SSSR count). The third kappa shape index (κ3) is 3.67. The number of rotatable bonds is 6. The monoisotopic (exact) mass is 275 g/mol. The fraction of sp³-hybridized carbons (Fsp3) is 0.438. The second-order valence-electron chi connectivity index (χ2n) is 5.29. The van der Waals surface area contributed by atoms with Crippen LogP contribution in [0.2, 0.25) is 0 Å². The fourth-order valence-electron chi connectivity index (χ4n) is 2.16. The van der Waals surface area contributed by atoms with Gasteiger partial charge in [-0.05, 0) is 17.7 Å². The topological polar surface area (TPSA) is 29.9 Å². The van der Waals surface area contributed by atoms with Gasteiger partial charge in [0, 0.05) is 37.0 Å². The van der Waals surface area contributed by atoms with E-state index in [2.05, 4.69) is 31.1 Å². The number of aryl methyl sites for hydroxylation is 1. The van der Waals surface area contributed by atoms with Crippen molar-refractivity contribution in [2.24, 2.45) is 0 Å². The van der Waals surface area contributed by atoms with Crippen LogP contribution in [0.4, 0.5) is 4.39 Å². The van der Waals surface area contributed by atoms with Crippen molar-refractivity contribution >= 4 is 0 Å². The van der Waals surface area contributed by atoms with Gasteiger partial charge >= 0.3 is 0 Å². The molecule has 0 spiro atoms. The first-order chi connectivity index (χ1) is 9.60. The van der Waals surface area contributed by atoms with Gasteiger partial charge in [-0.15, -0.1) is 0 Å². The Bertz CT molecular complexity index is 561. The van der Waals surface area contributed by atoms with E-state index in [1.165, 1.54) is 0 Å². The Labute approximate surface area is 119 Å². The molecule has 0 aliphatic heterocycles. The van der Waals surface area contributed by atoms with E-state index in [1.54, 1.807) is 12.3 Å². The molecule has 1 aromatic heterocycles. The van der Waals surface area contributed by atoms with Gasteiger partial charge in [0.1, 0.15) is 11.6 Å². The Morgan fingerprint density at radius 3 is 2.85 bits per heavy atom. The zero-order chi connectivity index (χ0) is 14.5. The van der Waals surface area contributed by atoms with Crippen LogP contribution in [0.3, 0.4) is 0 Å². The maximum Gasteiger partial charge on any atom is 0.128 e. The Morgan fingerprint density at radius 1 is 1.35 bits per heavy atom. The highest BCUT2D eigenvalue weighted by molar-refractivity contribution is 5.25. The molecule has 1 N–H and O–H groups in total. The zero-order valence-corrected chi connectivity index (χ0v) is 12.4. The molecule has 108 valence electrons. The lowest BCUT2D eigenvalue weighted by atomic mass is 10.1. The van der Waals surface area contributed by atoms with Crippen LogP contribution in [-0.2, 0) is 19.5 Å². The molecule has 1 heterocycles. The van der Waals surface area contributed by atoms with Crippen LogP contribution in [0.25, 0.3) is 0 Å². The lowest BCUT2D eigenvalue weighted by molar-refractivity contribution is 0.578. The van der Waals surface area contributed by atoms with Crippen LogP contribution < -0.4 is 5.32 Å². The second kappa shape index (κ2) is 6.66. The predicted molar refractivity (Wildman–Crippen MR) is 79.1 cm³/mol. The Kier molecular flexibility index (Phi) is 4.90. The SMILES string of the molecule is CCc1nccn1Cc1cc(CNC(C)C)ccc1F. The quantitative estimate of drug-likeness (QED) is 0.877. The van der Waals surface area contributed by atoms with Gasteiger partial charge < -0.3 is 9.88 Å². The lowest BCUT2D eigenvalue weighted by Gasteiger charge is -2.12. The van der Waals surface area contributed by atoms with Gasteiger partial charge in [-0.25, -0.2) is 9.37 Å². The highest BCUT2D eigenvalue weighted by atomic mass is 19.1. The predicted octanol–water partition coefficient (Wildman–Crippen LogP) is 3.13. The molecular weight excluding hydrogens is 253 g/mol. The van der Waals surface area contributed by atoms with Crippen molar-refractivity contribution in [1.82, 2.24) is 14.9 Å². The van der Waals surface area contributed by atoms with Gasteiger partial charge in [-0.3, -0.25) is 0 Å². The molecule has 0 bridgehead atoms. The van der Waals surface area contributed by atoms with E-state index >= 15 is 0 Å². The van der Waals surface area contributed by atoms with Crippen molar-refractivity contribution in [3.8, 4) is 0 Å². The van der Waals surface area contributed by atoms with E-state index in [0.29, 0.717) is 18.2 Å². The molecule has 2 aromatic rings. The van der Waals surface area contributed by atoms with Gasteiger partial charge in [0.2, 0.25) is 0 Å². The largest absolute Gasteiger partial charge is 0.330 e. The molecule has 0 saturated carbocycles. The number of nitrogens with one attached hydrogen (secondary N) is 1. The molecule has 4 heteroatoms. The average molecular weight is 275 g/mol. The molecule has 0 atom stereocenters. The third-order valence-corrected chi connectivity index (χ3v) is 3.28. The molecule has 0 saturated heterocycles. The summed E-state index contributed by atoms with van der Waals surface area (Å²) < 4.78 is 15.9.